The van der Waals surface area contributed by atoms with Gasteiger partial charge in [-0.15, -0.1) is 5.10 Å². The molecule has 2 rings (SSSR count). The predicted molar refractivity (Wildman–Crippen MR) is 70.6 cm³/mol. The van der Waals surface area contributed by atoms with E-state index in [9.17, 15) is 0 Å². The van der Waals surface area contributed by atoms with Crippen molar-refractivity contribution in [3.63, 3.8) is 0 Å². The lowest BCUT2D eigenvalue weighted by atomic mass is 10.2. The van der Waals surface area contributed by atoms with Crippen molar-refractivity contribution in [2.45, 2.75) is 26.3 Å². The van der Waals surface area contributed by atoms with Crippen molar-refractivity contribution in [1.29, 1.82) is 0 Å². The number of hydrogen-bond acceptors (Lipinski definition) is 4. The van der Waals surface area contributed by atoms with E-state index in [1.807, 2.05) is 6.07 Å². The van der Waals surface area contributed by atoms with E-state index in [-0.39, 0.29) is 0 Å². The molecule has 0 spiro atoms. The number of piperazine rings is 1. The van der Waals surface area contributed by atoms with Gasteiger partial charge < -0.3 is 4.90 Å². The first-order chi connectivity index (χ1) is 8.20. The van der Waals surface area contributed by atoms with Gasteiger partial charge in [0, 0.05) is 38.3 Å². The molecule has 4 nitrogen and oxygen atoms in total. The second kappa shape index (κ2) is 5.65. The second-order valence-electron chi connectivity index (χ2n) is 4.52. The highest BCUT2D eigenvalue weighted by molar-refractivity contribution is 6.29. The fourth-order valence-electron chi connectivity index (χ4n) is 2.18. The Morgan fingerprint density at radius 1 is 1.35 bits per heavy atom. The third-order valence-corrected chi connectivity index (χ3v) is 3.69. The van der Waals surface area contributed by atoms with E-state index in [0.29, 0.717) is 11.2 Å². The van der Waals surface area contributed by atoms with Crippen molar-refractivity contribution >= 4 is 17.3 Å². The first-order valence-corrected chi connectivity index (χ1v) is 6.55. The summed E-state index contributed by atoms with van der Waals surface area (Å²) >= 11 is 5.85. The maximum absolute atomic E-state index is 5.85. The monoisotopic (exact) mass is 254 g/mol. The molecule has 5 heteroatoms. The van der Waals surface area contributed by atoms with Crippen LogP contribution in [0.3, 0.4) is 0 Å². The molecule has 0 bridgehead atoms. The summed E-state index contributed by atoms with van der Waals surface area (Å²) in [5.74, 6) is 0. The van der Waals surface area contributed by atoms with Crippen molar-refractivity contribution in [3.05, 3.63) is 17.4 Å². The highest BCUT2D eigenvalue weighted by Crippen LogP contribution is 2.18. The minimum absolute atomic E-state index is 0.465. The van der Waals surface area contributed by atoms with Crippen LogP contribution >= 0.6 is 11.6 Å². The molecule has 1 saturated heterocycles. The summed E-state index contributed by atoms with van der Waals surface area (Å²) in [5, 5.41) is 8.13. The predicted octanol–water partition coefficient (Wildman–Crippen LogP) is 2.05. The molecule has 0 aliphatic carbocycles. The molecular formula is C12H19ClN4. The molecule has 94 valence electrons. The Kier molecular flexibility index (Phi) is 4.18. The average Bonchev–Trinajstić information content (AvgIpc) is 2.38. The van der Waals surface area contributed by atoms with E-state index >= 15 is 0 Å². The number of anilines is 1. The first kappa shape index (κ1) is 12.6. The van der Waals surface area contributed by atoms with Gasteiger partial charge in [0.1, 0.15) is 0 Å². The first-order valence-electron chi connectivity index (χ1n) is 6.18. The lowest BCUT2D eigenvalue weighted by Crippen LogP contribution is -2.49. The topological polar surface area (TPSA) is 32.3 Å². The molecule has 0 N–H and O–H groups in total. The maximum Gasteiger partial charge on any atom is 0.153 e. The van der Waals surface area contributed by atoms with Crippen LogP contribution in [0.5, 0.6) is 0 Å². The minimum Gasteiger partial charge on any atom is -0.368 e. The van der Waals surface area contributed by atoms with Gasteiger partial charge in [-0.1, -0.05) is 18.5 Å². The Hall–Kier alpha value is -0.870. The third-order valence-electron chi connectivity index (χ3n) is 3.50. The number of halogens is 1. The number of aromatic nitrogens is 2. The zero-order valence-corrected chi connectivity index (χ0v) is 11.2. The lowest BCUT2D eigenvalue weighted by Gasteiger charge is -2.38. The molecule has 1 unspecified atom stereocenters. The zero-order valence-electron chi connectivity index (χ0n) is 10.4. The average molecular weight is 255 g/mol. The van der Waals surface area contributed by atoms with Crippen molar-refractivity contribution in [1.82, 2.24) is 15.1 Å². The largest absolute Gasteiger partial charge is 0.368 e. The van der Waals surface area contributed by atoms with Gasteiger partial charge in [-0.3, -0.25) is 4.90 Å². The van der Waals surface area contributed by atoms with Crippen LogP contribution < -0.4 is 4.90 Å². The fraction of sp³-hybridized carbons (Fsp3) is 0.667. The number of nitrogens with zero attached hydrogens (tertiary/aromatic N) is 4. The molecule has 17 heavy (non-hydrogen) atoms. The van der Waals surface area contributed by atoms with Crippen molar-refractivity contribution < 1.29 is 0 Å². The zero-order chi connectivity index (χ0) is 12.3. The van der Waals surface area contributed by atoms with Crippen LogP contribution in [0, 0.1) is 0 Å². The van der Waals surface area contributed by atoms with Crippen LogP contribution in [0.25, 0.3) is 0 Å². The smallest absolute Gasteiger partial charge is 0.153 e. The van der Waals surface area contributed by atoms with Crippen LogP contribution in [0.4, 0.5) is 5.69 Å². The highest BCUT2D eigenvalue weighted by Gasteiger charge is 2.20. The summed E-state index contributed by atoms with van der Waals surface area (Å²) in [6.07, 6.45) is 2.99. The van der Waals surface area contributed by atoms with Gasteiger partial charge in [0.2, 0.25) is 0 Å². The number of hydrogen-bond donors (Lipinski definition) is 0. The van der Waals surface area contributed by atoms with E-state index in [1.54, 1.807) is 6.20 Å². The number of rotatable bonds is 3. The fourth-order valence-corrected chi connectivity index (χ4v) is 2.34. The Bertz CT molecular complexity index is 363. The Labute approximate surface area is 108 Å². The molecule has 0 amide bonds. The minimum atomic E-state index is 0.465. The highest BCUT2D eigenvalue weighted by atomic mass is 35.5. The van der Waals surface area contributed by atoms with Gasteiger partial charge in [-0.25, -0.2) is 0 Å². The van der Waals surface area contributed by atoms with E-state index in [4.69, 9.17) is 11.6 Å². The van der Waals surface area contributed by atoms with Crippen LogP contribution in [-0.4, -0.2) is 47.3 Å². The van der Waals surface area contributed by atoms with Crippen LogP contribution in [0.2, 0.25) is 5.15 Å². The Morgan fingerprint density at radius 2 is 2.06 bits per heavy atom. The molecule has 1 fully saturated rings. The van der Waals surface area contributed by atoms with Crippen molar-refractivity contribution in [2.75, 3.05) is 31.1 Å². The van der Waals surface area contributed by atoms with Crippen LogP contribution in [0.15, 0.2) is 12.3 Å². The molecule has 1 aliphatic rings. The van der Waals surface area contributed by atoms with E-state index in [2.05, 4.69) is 33.8 Å². The molecule has 1 aromatic heterocycles. The maximum atomic E-state index is 5.85. The van der Waals surface area contributed by atoms with Crippen LogP contribution in [-0.2, 0) is 0 Å². The molecule has 0 aromatic carbocycles. The summed E-state index contributed by atoms with van der Waals surface area (Å²) in [5.41, 5.74) is 1.08. The third kappa shape index (κ3) is 3.07. The molecular weight excluding hydrogens is 236 g/mol. The summed E-state index contributed by atoms with van der Waals surface area (Å²) in [4.78, 5) is 4.85. The molecule has 1 aromatic rings. The van der Waals surface area contributed by atoms with Gasteiger partial charge in [0.05, 0.1) is 11.9 Å². The molecule has 1 aliphatic heterocycles. The van der Waals surface area contributed by atoms with Crippen LogP contribution in [0.1, 0.15) is 20.3 Å². The second-order valence-corrected chi connectivity index (χ2v) is 4.90. The van der Waals surface area contributed by atoms with Gasteiger partial charge in [-0.05, 0) is 13.3 Å². The van der Waals surface area contributed by atoms with Crippen molar-refractivity contribution in [3.8, 4) is 0 Å². The van der Waals surface area contributed by atoms with E-state index < -0.39 is 0 Å². The molecule has 2 heterocycles. The molecule has 0 saturated carbocycles. The standard InChI is InChI=1S/C12H19ClN4/c1-3-10(2)16-4-6-17(7-5-16)11-8-12(13)15-14-9-11/h8-10H,3-7H2,1-2H3. The Balaban J connectivity index is 1.95. The van der Waals surface area contributed by atoms with Gasteiger partial charge in [0.15, 0.2) is 5.15 Å². The van der Waals surface area contributed by atoms with E-state index in [1.165, 1.54) is 6.42 Å². The lowest BCUT2D eigenvalue weighted by molar-refractivity contribution is 0.193. The summed E-state index contributed by atoms with van der Waals surface area (Å²) in [6, 6.07) is 2.56. The summed E-state index contributed by atoms with van der Waals surface area (Å²) in [6.45, 7) is 8.81. The Morgan fingerprint density at radius 3 is 2.65 bits per heavy atom. The van der Waals surface area contributed by atoms with Gasteiger partial charge >= 0.3 is 0 Å². The summed E-state index contributed by atoms with van der Waals surface area (Å²) in [7, 11) is 0. The van der Waals surface area contributed by atoms with Gasteiger partial charge in [-0.2, -0.15) is 5.10 Å². The molecule has 1 atom stereocenters. The van der Waals surface area contributed by atoms with Gasteiger partial charge in [0.25, 0.3) is 0 Å². The quantitative estimate of drug-likeness (QED) is 0.827. The molecule has 0 radical (unpaired) electrons. The van der Waals surface area contributed by atoms with E-state index in [0.717, 1.165) is 31.9 Å². The SMILES string of the molecule is CCC(C)N1CCN(c2cnnc(Cl)c2)CC1. The van der Waals surface area contributed by atoms with Crippen molar-refractivity contribution in [2.24, 2.45) is 0 Å². The summed E-state index contributed by atoms with van der Waals surface area (Å²) < 4.78 is 0. The normalized spacial score (nSPS) is 19.4.